The smallest absolute Gasteiger partial charge is 0.231 e. The van der Waals surface area contributed by atoms with E-state index in [1.54, 1.807) is 18.1 Å². The lowest BCUT2D eigenvalue weighted by molar-refractivity contribution is -0.122. The van der Waals surface area contributed by atoms with Gasteiger partial charge in [0.05, 0.1) is 24.4 Å². The number of benzene rings is 2. The molecule has 3 aromatic rings. The Labute approximate surface area is 195 Å². The van der Waals surface area contributed by atoms with Gasteiger partial charge < -0.3 is 24.4 Å². The Kier molecular flexibility index (Phi) is 5.63. The zero-order valence-corrected chi connectivity index (χ0v) is 19.1. The Morgan fingerprint density at radius 1 is 1.24 bits per heavy atom. The molecule has 3 heterocycles. The van der Waals surface area contributed by atoms with Crippen LogP contribution in [0.3, 0.4) is 0 Å². The first-order valence-corrected chi connectivity index (χ1v) is 11.4. The molecule has 1 atom stereocenters. The molecule has 2 aliphatic heterocycles. The molecule has 1 saturated heterocycles. The summed E-state index contributed by atoms with van der Waals surface area (Å²) in [6, 6.07) is 13.2. The Morgan fingerprint density at radius 2 is 2.06 bits per heavy atom. The molecule has 1 aromatic heterocycles. The van der Waals surface area contributed by atoms with Crippen molar-refractivity contribution in [3.63, 3.8) is 0 Å². The highest BCUT2D eigenvalue weighted by Gasteiger charge is 2.36. The van der Waals surface area contributed by atoms with E-state index in [1.807, 2.05) is 43.3 Å². The maximum Gasteiger partial charge on any atom is 0.231 e. The summed E-state index contributed by atoms with van der Waals surface area (Å²) in [6.45, 7) is 2.48. The molecular weight excluding hydrogens is 442 g/mol. The van der Waals surface area contributed by atoms with Crippen molar-refractivity contribution in [1.82, 2.24) is 4.98 Å². The first kappa shape index (κ1) is 21.3. The van der Waals surface area contributed by atoms with E-state index in [0.717, 1.165) is 27.6 Å². The van der Waals surface area contributed by atoms with Crippen molar-refractivity contribution in [3.8, 4) is 17.2 Å². The first-order chi connectivity index (χ1) is 16.0. The van der Waals surface area contributed by atoms with E-state index in [0.29, 0.717) is 29.5 Å². The fourth-order valence-corrected chi connectivity index (χ4v) is 5.06. The van der Waals surface area contributed by atoms with Crippen molar-refractivity contribution in [2.75, 3.05) is 30.7 Å². The van der Waals surface area contributed by atoms with Gasteiger partial charge in [-0.25, -0.2) is 4.98 Å². The zero-order valence-electron chi connectivity index (χ0n) is 18.3. The summed E-state index contributed by atoms with van der Waals surface area (Å²) in [5.74, 6) is 1.34. The predicted octanol–water partition coefficient (Wildman–Crippen LogP) is 3.77. The number of fused-ring (bicyclic) bond motifs is 1. The summed E-state index contributed by atoms with van der Waals surface area (Å²) in [5.41, 5.74) is 2.63. The summed E-state index contributed by atoms with van der Waals surface area (Å²) in [5, 5.41) is 3.45. The third-order valence-corrected chi connectivity index (χ3v) is 6.87. The van der Waals surface area contributed by atoms with E-state index < -0.39 is 5.92 Å². The van der Waals surface area contributed by atoms with Gasteiger partial charge in [-0.05, 0) is 36.8 Å². The molecule has 1 fully saturated rings. The van der Waals surface area contributed by atoms with Crippen molar-refractivity contribution in [2.24, 2.45) is 5.92 Å². The summed E-state index contributed by atoms with van der Waals surface area (Å²) < 4.78 is 16.2. The molecule has 1 unspecified atom stereocenters. The number of nitrogens with zero attached hydrogens (tertiary/aromatic N) is 2. The number of aryl methyl sites for hydroxylation is 1. The van der Waals surface area contributed by atoms with E-state index >= 15 is 0 Å². The molecule has 2 aromatic carbocycles. The van der Waals surface area contributed by atoms with Gasteiger partial charge in [0.25, 0.3) is 0 Å². The van der Waals surface area contributed by atoms with Crippen molar-refractivity contribution >= 4 is 34.0 Å². The molecule has 170 valence electrons. The highest BCUT2D eigenvalue weighted by Crippen LogP contribution is 2.35. The molecule has 5 rings (SSSR count). The quantitative estimate of drug-likeness (QED) is 0.596. The number of methoxy groups -OCH3 is 1. The molecule has 0 radical (unpaired) electrons. The summed E-state index contributed by atoms with van der Waals surface area (Å²) >= 11 is 1.45. The van der Waals surface area contributed by atoms with Crippen LogP contribution in [0.25, 0.3) is 0 Å². The van der Waals surface area contributed by atoms with Gasteiger partial charge in [0, 0.05) is 24.3 Å². The van der Waals surface area contributed by atoms with Crippen LogP contribution < -0.4 is 24.4 Å². The number of rotatable bonds is 6. The van der Waals surface area contributed by atoms with Crippen molar-refractivity contribution < 1.29 is 23.8 Å². The molecular formula is C24H23N3O5S. The maximum atomic E-state index is 12.9. The van der Waals surface area contributed by atoms with E-state index in [-0.39, 0.29) is 25.0 Å². The average molecular weight is 466 g/mol. The van der Waals surface area contributed by atoms with Crippen LogP contribution in [-0.4, -0.2) is 37.2 Å². The van der Waals surface area contributed by atoms with Gasteiger partial charge >= 0.3 is 0 Å². The molecule has 8 nitrogen and oxygen atoms in total. The van der Waals surface area contributed by atoms with Gasteiger partial charge in [0.15, 0.2) is 16.6 Å². The number of thiazole rings is 1. The number of anilines is 2. The topological polar surface area (TPSA) is 90.0 Å². The number of aromatic nitrogens is 1. The van der Waals surface area contributed by atoms with E-state index in [4.69, 9.17) is 14.2 Å². The summed E-state index contributed by atoms with van der Waals surface area (Å²) in [4.78, 5) is 32.7. The Morgan fingerprint density at radius 3 is 2.91 bits per heavy atom. The van der Waals surface area contributed by atoms with Gasteiger partial charge in [-0.3, -0.25) is 9.59 Å². The molecule has 2 amide bonds. The number of amides is 2. The number of hydrogen-bond acceptors (Lipinski definition) is 7. The van der Waals surface area contributed by atoms with Gasteiger partial charge in [-0.2, -0.15) is 0 Å². The molecule has 33 heavy (non-hydrogen) atoms. The minimum absolute atomic E-state index is 0.0986. The SMILES string of the molecule is COc1ccccc1N1CC(C(=O)Nc2nc(C)c(Cc3ccc4c(c3)OCO4)s2)CC1=O. The molecule has 0 aliphatic carbocycles. The molecule has 1 N–H and O–H groups in total. The highest BCUT2D eigenvalue weighted by atomic mass is 32.1. The van der Waals surface area contributed by atoms with Crippen molar-refractivity contribution in [1.29, 1.82) is 0 Å². The lowest BCUT2D eigenvalue weighted by Crippen LogP contribution is -2.28. The van der Waals surface area contributed by atoms with Gasteiger partial charge in [-0.1, -0.05) is 18.2 Å². The molecule has 0 bridgehead atoms. The molecule has 2 aliphatic rings. The monoisotopic (exact) mass is 465 g/mol. The predicted molar refractivity (Wildman–Crippen MR) is 124 cm³/mol. The van der Waals surface area contributed by atoms with Crippen LogP contribution in [0.4, 0.5) is 10.8 Å². The Hall–Kier alpha value is -3.59. The lowest BCUT2D eigenvalue weighted by atomic mass is 10.1. The molecule has 9 heteroatoms. The largest absolute Gasteiger partial charge is 0.495 e. The molecule has 0 spiro atoms. The second kappa shape index (κ2) is 8.74. The van der Waals surface area contributed by atoms with Crippen LogP contribution in [0, 0.1) is 12.8 Å². The minimum Gasteiger partial charge on any atom is -0.495 e. The zero-order chi connectivity index (χ0) is 22.9. The van der Waals surface area contributed by atoms with E-state index in [9.17, 15) is 9.59 Å². The fraction of sp³-hybridized carbons (Fsp3) is 0.292. The van der Waals surface area contributed by atoms with Gasteiger partial charge in [0.1, 0.15) is 5.75 Å². The van der Waals surface area contributed by atoms with Crippen molar-refractivity contribution in [3.05, 3.63) is 58.6 Å². The number of ether oxygens (including phenoxy) is 3. The first-order valence-electron chi connectivity index (χ1n) is 10.6. The number of carbonyl (C=O) groups excluding carboxylic acids is 2. The lowest BCUT2D eigenvalue weighted by Gasteiger charge is -2.19. The van der Waals surface area contributed by atoms with Crippen LogP contribution in [0.15, 0.2) is 42.5 Å². The average Bonchev–Trinajstić information content (AvgIpc) is 3.52. The standard InChI is InChI=1S/C24H23N3O5S/c1-14-21(10-15-7-8-19-20(9-15)32-13-31-19)33-24(25-14)26-23(29)16-11-22(28)27(12-16)17-5-3-4-6-18(17)30-2/h3-9,16H,10-13H2,1-2H3,(H,25,26,29). The van der Waals surface area contributed by atoms with Crippen LogP contribution in [0.1, 0.15) is 22.6 Å². The highest BCUT2D eigenvalue weighted by molar-refractivity contribution is 7.15. The second-order valence-electron chi connectivity index (χ2n) is 7.96. The van der Waals surface area contributed by atoms with Crippen LogP contribution in [-0.2, 0) is 16.0 Å². The second-order valence-corrected chi connectivity index (χ2v) is 9.04. The number of para-hydroxylation sites is 2. The number of nitrogens with one attached hydrogen (secondary N) is 1. The number of hydrogen-bond donors (Lipinski definition) is 1. The Balaban J connectivity index is 1.25. The van der Waals surface area contributed by atoms with Gasteiger partial charge in [-0.15, -0.1) is 11.3 Å². The Bertz CT molecular complexity index is 1220. The van der Waals surface area contributed by atoms with Crippen LogP contribution >= 0.6 is 11.3 Å². The minimum atomic E-state index is -0.455. The summed E-state index contributed by atoms with van der Waals surface area (Å²) in [6.07, 6.45) is 0.831. The van der Waals surface area contributed by atoms with Crippen molar-refractivity contribution in [2.45, 2.75) is 19.8 Å². The van der Waals surface area contributed by atoms with Gasteiger partial charge in [0.2, 0.25) is 18.6 Å². The van der Waals surface area contributed by atoms with Crippen LogP contribution in [0.5, 0.6) is 17.2 Å². The summed E-state index contributed by atoms with van der Waals surface area (Å²) in [7, 11) is 1.57. The van der Waals surface area contributed by atoms with E-state index in [2.05, 4.69) is 10.3 Å². The number of carbonyl (C=O) groups is 2. The fourth-order valence-electron chi connectivity index (χ4n) is 4.06. The van der Waals surface area contributed by atoms with E-state index in [1.165, 1.54) is 11.3 Å². The maximum absolute atomic E-state index is 12.9. The normalized spacial score (nSPS) is 16.8. The molecule has 0 saturated carbocycles. The third-order valence-electron chi connectivity index (χ3n) is 5.80. The van der Waals surface area contributed by atoms with Crippen LogP contribution in [0.2, 0.25) is 0 Å². The third kappa shape index (κ3) is 4.23.